The highest BCUT2D eigenvalue weighted by atomic mass is 16.3. The van der Waals surface area contributed by atoms with E-state index in [2.05, 4.69) is 20.6 Å². The number of allylic oxidation sites excluding steroid dienone is 2. The molecule has 0 unspecified atom stereocenters. The number of nitrogens with one attached hydrogen (secondary N) is 1. The largest absolute Gasteiger partial charge is 0.508 e. The lowest BCUT2D eigenvalue weighted by atomic mass is 10.1. The van der Waals surface area contributed by atoms with Gasteiger partial charge >= 0.3 is 0 Å². The Bertz CT molecular complexity index is 990. The number of aromatic hydroxyl groups is 1. The van der Waals surface area contributed by atoms with E-state index in [1.165, 1.54) is 24.3 Å². The Kier molecular flexibility index (Phi) is 5.64. The number of aromatic amines is 1. The molecule has 134 valence electrons. The standard InChI is InChI=1S/C20H16N4O3/c25-16-9-5-14(6-10-16)7-11-17(26)13-18(27)12-8-15-3-1-2-4-19(15)20-21-23-24-22-20/h1-12,25H,13H2,(H,21,22,23,24). The third kappa shape index (κ3) is 5.05. The minimum atomic E-state index is -0.305. The van der Waals surface area contributed by atoms with E-state index < -0.39 is 0 Å². The van der Waals surface area contributed by atoms with Crippen molar-refractivity contribution in [3.63, 3.8) is 0 Å². The number of benzene rings is 2. The van der Waals surface area contributed by atoms with Crippen LogP contribution in [0.4, 0.5) is 0 Å². The maximum atomic E-state index is 12.1. The normalized spacial score (nSPS) is 11.3. The number of phenolic OH excluding ortho intramolecular Hbond substituents is 1. The summed E-state index contributed by atoms with van der Waals surface area (Å²) in [4.78, 5) is 24.0. The molecule has 0 saturated carbocycles. The number of ketones is 2. The topological polar surface area (TPSA) is 109 Å². The summed E-state index contributed by atoms with van der Waals surface area (Å²) < 4.78 is 0. The molecule has 0 spiro atoms. The van der Waals surface area contributed by atoms with Gasteiger partial charge in [0, 0.05) is 5.56 Å². The number of nitrogens with zero attached hydrogens (tertiary/aromatic N) is 3. The Morgan fingerprint density at radius 3 is 2.37 bits per heavy atom. The van der Waals surface area contributed by atoms with Gasteiger partial charge in [-0.15, -0.1) is 5.10 Å². The molecule has 0 fully saturated rings. The summed E-state index contributed by atoms with van der Waals surface area (Å²) in [6.45, 7) is 0. The van der Waals surface area contributed by atoms with Gasteiger partial charge in [0.2, 0.25) is 0 Å². The van der Waals surface area contributed by atoms with Gasteiger partial charge < -0.3 is 5.11 Å². The summed E-state index contributed by atoms with van der Waals surface area (Å²) in [5.74, 6) is 0.0436. The highest BCUT2D eigenvalue weighted by Crippen LogP contribution is 2.20. The molecule has 0 amide bonds. The second kappa shape index (κ2) is 8.48. The van der Waals surface area contributed by atoms with E-state index in [0.717, 1.165) is 16.7 Å². The first kappa shape index (κ1) is 17.9. The van der Waals surface area contributed by atoms with Crippen molar-refractivity contribution in [1.82, 2.24) is 20.6 Å². The lowest BCUT2D eigenvalue weighted by molar-refractivity contribution is -0.121. The summed E-state index contributed by atoms with van der Waals surface area (Å²) in [6, 6.07) is 13.7. The van der Waals surface area contributed by atoms with Gasteiger partial charge in [-0.25, -0.2) is 5.10 Å². The van der Waals surface area contributed by atoms with Crippen LogP contribution in [0.1, 0.15) is 17.5 Å². The third-order valence-electron chi connectivity index (χ3n) is 3.71. The molecule has 3 aromatic rings. The van der Waals surface area contributed by atoms with Crippen LogP contribution in [0.25, 0.3) is 23.5 Å². The van der Waals surface area contributed by atoms with Crippen molar-refractivity contribution in [2.75, 3.05) is 0 Å². The monoisotopic (exact) mass is 360 g/mol. The molecule has 0 radical (unpaired) electrons. The summed E-state index contributed by atoms with van der Waals surface area (Å²) in [6.07, 6.45) is 5.74. The molecule has 7 heteroatoms. The molecular weight excluding hydrogens is 344 g/mol. The first-order chi connectivity index (χ1) is 13.1. The van der Waals surface area contributed by atoms with Crippen LogP contribution in [-0.2, 0) is 9.59 Å². The quantitative estimate of drug-likeness (QED) is 0.495. The summed E-state index contributed by atoms with van der Waals surface area (Å²) in [7, 11) is 0. The zero-order valence-corrected chi connectivity index (χ0v) is 14.2. The van der Waals surface area contributed by atoms with E-state index in [9.17, 15) is 14.7 Å². The van der Waals surface area contributed by atoms with Crippen LogP contribution < -0.4 is 0 Å². The molecule has 2 aromatic carbocycles. The number of hydrogen-bond acceptors (Lipinski definition) is 6. The Hall–Kier alpha value is -3.87. The van der Waals surface area contributed by atoms with E-state index in [-0.39, 0.29) is 23.7 Å². The van der Waals surface area contributed by atoms with Gasteiger partial charge in [-0.1, -0.05) is 48.6 Å². The first-order valence-electron chi connectivity index (χ1n) is 8.16. The van der Waals surface area contributed by atoms with Crippen LogP contribution in [-0.4, -0.2) is 37.3 Å². The fraction of sp³-hybridized carbons (Fsp3) is 0.0500. The molecule has 3 rings (SSSR count). The average Bonchev–Trinajstić information content (AvgIpc) is 3.21. The molecule has 7 nitrogen and oxygen atoms in total. The molecule has 0 saturated heterocycles. The number of phenols is 1. The first-order valence-corrected chi connectivity index (χ1v) is 8.16. The summed E-state index contributed by atoms with van der Waals surface area (Å²) in [5, 5.41) is 22.9. The second-order valence-corrected chi connectivity index (χ2v) is 5.70. The van der Waals surface area contributed by atoms with E-state index in [4.69, 9.17) is 0 Å². The Balaban J connectivity index is 1.62. The van der Waals surface area contributed by atoms with Crippen molar-refractivity contribution in [2.24, 2.45) is 0 Å². The maximum absolute atomic E-state index is 12.1. The third-order valence-corrected chi connectivity index (χ3v) is 3.71. The Morgan fingerprint density at radius 1 is 0.963 bits per heavy atom. The van der Waals surface area contributed by atoms with Gasteiger partial charge in [0.05, 0.1) is 6.42 Å². The Labute approximate surface area is 155 Å². The SMILES string of the molecule is O=C(C=Cc1ccc(O)cc1)CC(=O)C=Cc1ccccc1-c1nnn[nH]1. The molecule has 0 aliphatic carbocycles. The van der Waals surface area contributed by atoms with Crippen LogP contribution in [0.15, 0.2) is 60.7 Å². The van der Waals surface area contributed by atoms with E-state index in [1.807, 2.05) is 24.3 Å². The fourth-order valence-electron chi connectivity index (χ4n) is 2.38. The zero-order valence-electron chi connectivity index (χ0n) is 14.2. The molecular formula is C20H16N4O3. The number of tetrazole rings is 1. The van der Waals surface area contributed by atoms with E-state index in [0.29, 0.717) is 5.82 Å². The maximum Gasteiger partial charge on any atom is 0.180 e. The van der Waals surface area contributed by atoms with Crippen LogP contribution in [0.3, 0.4) is 0 Å². The van der Waals surface area contributed by atoms with Gasteiger partial charge in [0.25, 0.3) is 0 Å². The van der Waals surface area contributed by atoms with Crippen molar-refractivity contribution >= 4 is 23.7 Å². The molecule has 0 atom stereocenters. The van der Waals surface area contributed by atoms with Crippen molar-refractivity contribution < 1.29 is 14.7 Å². The number of aromatic nitrogens is 4. The molecule has 27 heavy (non-hydrogen) atoms. The van der Waals surface area contributed by atoms with Gasteiger partial charge in [-0.2, -0.15) is 0 Å². The molecule has 0 bridgehead atoms. The van der Waals surface area contributed by atoms with Crippen molar-refractivity contribution in [3.8, 4) is 17.1 Å². The number of carbonyl (C=O) groups is 2. The van der Waals surface area contributed by atoms with Crippen LogP contribution in [0, 0.1) is 0 Å². The van der Waals surface area contributed by atoms with Crippen molar-refractivity contribution in [3.05, 3.63) is 71.8 Å². The predicted molar refractivity (Wildman–Crippen MR) is 100 cm³/mol. The average molecular weight is 360 g/mol. The van der Waals surface area contributed by atoms with Gasteiger partial charge in [0.15, 0.2) is 17.4 Å². The number of hydrogen-bond donors (Lipinski definition) is 2. The number of carbonyl (C=O) groups excluding carboxylic acids is 2. The minimum absolute atomic E-state index is 0.153. The van der Waals surface area contributed by atoms with Crippen molar-refractivity contribution in [2.45, 2.75) is 6.42 Å². The minimum Gasteiger partial charge on any atom is -0.508 e. The lowest BCUT2D eigenvalue weighted by Gasteiger charge is -2.01. The number of rotatable bonds is 7. The fourth-order valence-corrected chi connectivity index (χ4v) is 2.38. The van der Waals surface area contributed by atoms with Crippen molar-refractivity contribution in [1.29, 1.82) is 0 Å². The highest BCUT2D eigenvalue weighted by molar-refractivity contribution is 6.11. The van der Waals surface area contributed by atoms with Gasteiger partial charge in [-0.3, -0.25) is 9.59 Å². The Morgan fingerprint density at radius 2 is 1.67 bits per heavy atom. The molecule has 1 aromatic heterocycles. The van der Waals surface area contributed by atoms with Crippen LogP contribution in [0.5, 0.6) is 5.75 Å². The zero-order chi connectivity index (χ0) is 19.1. The smallest absolute Gasteiger partial charge is 0.180 e. The lowest BCUT2D eigenvalue weighted by Crippen LogP contribution is -2.02. The predicted octanol–water partition coefficient (Wildman–Crippen LogP) is 2.83. The molecule has 0 aliphatic heterocycles. The van der Waals surface area contributed by atoms with Gasteiger partial charge in [-0.05, 0) is 45.8 Å². The summed E-state index contributed by atoms with van der Waals surface area (Å²) >= 11 is 0. The van der Waals surface area contributed by atoms with E-state index in [1.54, 1.807) is 24.3 Å². The second-order valence-electron chi connectivity index (χ2n) is 5.70. The number of H-pyrrole nitrogens is 1. The van der Waals surface area contributed by atoms with E-state index >= 15 is 0 Å². The van der Waals surface area contributed by atoms with Crippen LogP contribution in [0.2, 0.25) is 0 Å². The molecule has 1 heterocycles. The molecule has 2 N–H and O–H groups in total. The van der Waals surface area contributed by atoms with Crippen LogP contribution >= 0.6 is 0 Å². The highest BCUT2D eigenvalue weighted by Gasteiger charge is 2.07. The van der Waals surface area contributed by atoms with Gasteiger partial charge in [0.1, 0.15) is 5.75 Å². The summed E-state index contributed by atoms with van der Waals surface area (Å²) in [5.41, 5.74) is 2.28. The molecule has 0 aliphatic rings.